The highest BCUT2D eigenvalue weighted by Crippen LogP contribution is 2.24. The number of halogens is 1. The zero-order valence-electron chi connectivity index (χ0n) is 9.90. The first-order valence-electron chi connectivity index (χ1n) is 5.48. The molecule has 18 heavy (non-hydrogen) atoms. The van der Waals surface area contributed by atoms with Crippen molar-refractivity contribution in [3.05, 3.63) is 23.5 Å². The lowest BCUT2D eigenvalue weighted by atomic mass is 10.1. The monoisotopic (exact) mass is 274 g/mol. The largest absolute Gasteiger partial charge is 0.383 e. The van der Waals surface area contributed by atoms with Crippen molar-refractivity contribution in [2.24, 2.45) is 0 Å². The minimum atomic E-state index is -2.39. The van der Waals surface area contributed by atoms with E-state index in [9.17, 15) is 13.4 Å². The van der Waals surface area contributed by atoms with Crippen LogP contribution in [0.15, 0.2) is 12.1 Å². The highest BCUT2D eigenvalue weighted by atomic mass is 32.2. The summed E-state index contributed by atoms with van der Waals surface area (Å²) in [5, 5.41) is 2.85. The predicted molar refractivity (Wildman–Crippen MR) is 69.6 cm³/mol. The molecule has 0 fully saturated rings. The van der Waals surface area contributed by atoms with E-state index in [4.69, 9.17) is 4.55 Å². The Kier molecular flexibility index (Phi) is 5.73. The number of nitrogens with one attached hydrogen (secondary N) is 2. The number of benzene rings is 1. The molecule has 0 aliphatic carbocycles. The van der Waals surface area contributed by atoms with Crippen molar-refractivity contribution in [2.75, 3.05) is 16.6 Å². The van der Waals surface area contributed by atoms with Crippen LogP contribution < -0.4 is 10.0 Å². The van der Waals surface area contributed by atoms with Crippen LogP contribution in [-0.2, 0) is 11.3 Å². The van der Waals surface area contributed by atoms with E-state index in [1.807, 2.05) is 11.6 Å². The Hall–Kier alpha value is -1.47. The van der Waals surface area contributed by atoms with Crippen molar-refractivity contribution < 1.29 is 17.9 Å². The average Bonchev–Trinajstić information content (AvgIpc) is 2.33. The topological polar surface area (TPSA) is 78.4 Å². The van der Waals surface area contributed by atoms with Crippen LogP contribution >= 0.6 is 0 Å². The van der Waals surface area contributed by atoms with Gasteiger partial charge in [-0.2, -0.15) is 0 Å². The molecule has 0 aliphatic heterocycles. The molecule has 5 nitrogen and oxygen atoms in total. The van der Waals surface area contributed by atoms with Gasteiger partial charge < -0.3 is 5.32 Å². The second-order valence-electron chi connectivity index (χ2n) is 3.68. The Morgan fingerprint density at radius 3 is 2.67 bits per heavy atom. The first-order valence-corrected chi connectivity index (χ1v) is 6.59. The maximum absolute atomic E-state index is 13.9. The van der Waals surface area contributed by atoms with E-state index in [2.05, 4.69) is 5.32 Å². The molecule has 0 aliphatic rings. The molecular formula is C11H15FN2O3S. The molecular weight excluding hydrogens is 259 g/mol. The molecule has 0 heterocycles. The van der Waals surface area contributed by atoms with E-state index in [0.29, 0.717) is 12.8 Å². The molecule has 3 N–H and O–H groups in total. The summed E-state index contributed by atoms with van der Waals surface area (Å²) in [5.74, 6) is -0.681. The van der Waals surface area contributed by atoms with E-state index in [1.165, 1.54) is 12.1 Å². The molecule has 100 valence electrons. The van der Waals surface area contributed by atoms with E-state index < -0.39 is 17.1 Å². The van der Waals surface area contributed by atoms with E-state index in [0.717, 1.165) is 12.8 Å². The SMILES string of the molecule is CCCCNc1cc(C=O)cc(NS(=O)O)c1F. The van der Waals surface area contributed by atoms with Gasteiger partial charge in [-0.25, -0.2) is 8.60 Å². The molecule has 1 atom stereocenters. The molecule has 1 unspecified atom stereocenters. The molecule has 0 saturated carbocycles. The van der Waals surface area contributed by atoms with Crippen LogP contribution in [0, 0.1) is 5.82 Å². The lowest BCUT2D eigenvalue weighted by molar-refractivity contribution is 0.112. The summed E-state index contributed by atoms with van der Waals surface area (Å²) in [6, 6.07) is 2.55. The molecule has 1 rings (SSSR count). The number of aldehydes is 1. The van der Waals surface area contributed by atoms with E-state index in [-0.39, 0.29) is 16.9 Å². The maximum atomic E-state index is 13.9. The summed E-state index contributed by atoms with van der Waals surface area (Å²) in [6.07, 6.45) is 2.36. The van der Waals surface area contributed by atoms with Gasteiger partial charge in [0.15, 0.2) is 5.82 Å². The number of carbonyl (C=O) groups is 1. The zero-order valence-corrected chi connectivity index (χ0v) is 10.7. The second kappa shape index (κ2) is 7.07. The Bertz CT molecular complexity index is 454. The van der Waals surface area contributed by atoms with Crippen molar-refractivity contribution in [2.45, 2.75) is 19.8 Å². The first-order chi connectivity index (χ1) is 8.58. The van der Waals surface area contributed by atoms with Gasteiger partial charge in [0.2, 0.25) is 0 Å². The smallest absolute Gasteiger partial charge is 0.259 e. The Balaban J connectivity index is 3.00. The summed E-state index contributed by atoms with van der Waals surface area (Å²) in [7, 11) is 0. The number of unbranched alkanes of at least 4 members (excludes halogenated alkanes) is 1. The van der Waals surface area contributed by atoms with Gasteiger partial charge in [-0.1, -0.05) is 13.3 Å². The summed E-state index contributed by atoms with van der Waals surface area (Å²) >= 11 is -2.39. The summed E-state index contributed by atoms with van der Waals surface area (Å²) in [6.45, 7) is 2.57. The number of hydrogen-bond donors (Lipinski definition) is 3. The molecule has 0 bridgehead atoms. The fraction of sp³-hybridized carbons (Fsp3) is 0.364. The fourth-order valence-corrected chi connectivity index (χ4v) is 1.75. The second-order valence-corrected chi connectivity index (χ2v) is 4.38. The number of carbonyl (C=O) groups excluding carboxylic acids is 1. The van der Waals surface area contributed by atoms with Gasteiger partial charge >= 0.3 is 0 Å². The molecule has 0 amide bonds. The lowest BCUT2D eigenvalue weighted by Crippen LogP contribution is -2.09. The van der Waals surface area contributed by atoms with Gasteiger partial charge in [0.05, 0.1) is 11.4 Å². The molecule has 0 radical (unpaired) electrons. The van der Waals surface area contributed by atoms with Crippen molar-refractivity contribution >= 4 is 28.9 Å². The third-order valence-corrected chi connectivity index (χ3v) is 2.67. The maximum Gasteiger partial charge on any atom is 0.259 e. The van der Waals surface area contributed by atoms with Crippen LogP contribution in [0.4, 0.5) is 15.8 Å². The van der Waals surface area contributed by atoms with Crippen LogP contribution in [0.3, 0.4) is 0 Å². The Labute approximate surface area is 107 Å². The minimum absolute atomic E-state index is 0.140. The fourth-order valence-electron chi connectivity index (χ4n) is 1.41. The van der Waals surface area contributed by atoms with Crippen LogP contribution in [-0.4, -0.2) is 21.6 Å². The standard InChI is InChI=1S/C11H15FN2O3S/c1-2-3-4-13-9-5-8(7-15)6-10(11(9)12)14-18(16)17/h5-7,13-14H,2-4H2,1H3,(H,16,17). The summed E-state index contributed by atoms with van der Waals surface area (Å²) in [5.41, 5.74) is 0.184. The van der Waals surface area contributed by atoms with Gasteiger partial charge in [0.25, 0.3) is 11.3 Å². The van der Waals surface area contributed by atoms with Crippen molar-refractivity contribution in [1.82, 2.24) is 0 Å². The molecule has 0 aromatic heterocycles. The van der Waals surface area contributed by atoms with Gasteiger partial charge in [-0.15, -0.1) is 0 Å². The van der Waals surface area contributed by atoms with Gasteiger partial charge in [-0.3, -0.25) is 14.1 Å². The predicted octanol–water partition coefficient (Wildman–Crippen LogP) is 2.40. The number of rotatable bonds is 7. The van der Waals surface area contributed by atoms with Crippen LogP contribution in [0.5, 0.6) is 0 Å². The normalized spacial score (nSPS) is 11.9. The van der Waals surface area contributed by atoms with Crippen molar-refractivity contribution in [3.63, 3.8) is 0 Å². The Morgan fingerprint density at radius 1 is 1.44 bits per heavy atom. The van der Waals surface area contributed by atoms with Crippen molar-refractivity contribution in [1.29, 1.82) is 0 Å². The molecule has 0 saturated heterocycles. The molecule has 1 aromatic carbocycles. The average molecular weight is 274 g/mol. The molecule has 1 aromatic rings. The minimum Gasteiger partial charge on any atom is -0.383 e. The molecule has 0 spiro atoms. The van der Waals surface area contributed by atoms with Gasteiger partial charge in [-0.05, 0) is 18.6 Å². The zero-order chi connectivity index (χ0) is 13.5. The highest BCUT2D eigenvalue weighted by molar-refractivity contribution is 7.80. The van der Waals surface area contributed by atoms with Crippen LogP contribution in [0.1, 0.15) is 30.1 Å². The van der Waals surface area contributed by atoms with E-state index >= 15 is 0 Å². The lowest BCUT2D eigenvalue weighted by Gasteiger charge is -2.11. The van der Waals surface area contributed by atoms with Gasteiger partial charge in [0.1, 0.15) is 6.29 Å². The quantitative estimate of drug-likeness (QED) is 0.405. The Morgan fingerprint density at radius 2 is 2.11 bits per heavy atom. The summed E-state index contributed by atoms with van der Waals surface area (Å²) < 4.78 is 35.2. The molecule has 7 heteroatoms. The number of hydrogen-bond acceptors (Lipinski definition) is 3. The van der Waals surface area contributed by atoms with E-state index in [1.54, 1.807) is 0 Å². The number of anilines is 2. The summed E-state index contributed by atoms with van der Waals surface area (Å²) in [4.78, 5) is 10.7. The first kappa shape index (κ1) is 14.6. The van der Waals surface area contributed by atoms with Gasteiger partial charge in [0, 0.05) is 12.1 Å². The van der Waals surface area contributed by atoms with Crippen molar-refractivity contribution in [3.8, 4) is 0 Å². The highest BCUT2D eigenvalue weighted by Gasteiger charge is 2.11. The van der Waals surface area contributed by atoms with Crippen LogP contribution in [0.25, 0.3) is 0 Å². The third kappa shape index (κ3) is 4.08. The third-order valence-electron chi connectivity index (χ3n) is 2.27. The van der Waals surface area contributed by atoms with Crippen LogP contribution in [0.2, 0.25) is 0 Å².